The van der Waals surface area contributed by atoms with E-state index in [-0.39, 0.29) is 6.10 Å². The normalized spacial score (nSPS) is 23.4. The monoisotopic (exact) mass is 303 g/mol. The standard InChI is InChI=1S/C16H21N3OS/c1-11-4-5-12(2)15(6-11)16-8-19(13(3)9-20-16)7-14-10-21-18-17-14/h4-6,10,13,16H,7-9H2,1-3H3/t13-,16-/m0/s1. The highest BCUT2D eigenvalue weighted by Gasteiger charge is 2.28. The molecule has 0 bridgehead atoms. The Balaban J connectivity index is 1.77. The van der Waals surface area contributed by atoms with Crippen LogP contribution in [0.15, 0.2) is 23.6 Å². The summed E-state index contributed by atoms with van der Waals surface area (Å²) in [5.41, 5.74) is 4.94. The van der Waals surface area contributed by atoms with Crippen LogP contribution in [-0.4, -0.2) is 33.7 Å². The molecule has 0 saturated carbocycles. The number of aromatic nitrogens is 2. The fourth-order valence-electron chi connectivity index (χ4n) is 2.78. The molecule has 2 atom stereocenters. The number of rotatable bonds is 3. The van der Waals surface area contributed by atoms with Crippen LogP contribution in [0, 0.1) is 13.8 Å². The first kappa shape index (κ1) is 14.6. The van der Waals surface area contributed by atoms with E-state index >= 15 is 0 Å². The van der Waals surface area contributed by atoms with Crippen molar-refractivity contribution in [1.82, 2.24) is 14.5 Å². The molecule has 0 amide bonds. The van der Waals surface area contributed by atoms with Gasteiger partial charge in [-0.15, -0.1) is 5.10 Å². The van der Waals surface area contributed by atoms with E-state index in [9.17, 15) is 0 Å². The van der Waals surface area contributed by atoms with Gasteiger partial charge < -0.3 is 4.74 Å². The van der Waals surface area contributed by atoms with Gasteiger partial charge in [0.25, 0.3) is 0 Å². The van der Waals surface area contributed by atoms with Crippen molar-refractivity contribution in [3.8, 4) is 0 Å². The maximum atomic E-state index is 6.09. The minimum Gasteiger partial charge on any atom is -0.371 e. The van der Waals surface area contributed by atoms with Crippen LogP contribution in [0.2, 0.25) is 0 Å². The largest absolute Gasteiger partial charge is 0.371 e. The first-order valence-corrected chi connectivity index (χ1v) is 8.16. The molecule has 2 aromatic rings. The SMILES string of the molecule is Cc1ccc(C)c([C@@H]2CN(Cc3csnn3)[C@@H](C)CO2)c1. The number of aryl methyl sites for hydroxylation is 2. The van der Waals surface area contributed by atoms with Gasteiger partial charge in [0, 0.05) is 24.5 Å². The van der Waals surface area contributed by atoms with Crippen LogP contribution in [0.3, 0.4) is 0 Å². The lowest BCUT2D eigenvalue weighted by Crippen LogP contribution is -2.44. The molecule has 21 heavy (non-hydrogen) atoms. The average molecular weight is 303 g/mol. The maximum absolute atomic E-state index is 6.09. The number of morpholine rings is 1. The molecular formula is C16H21N3OS. The highest BCUT2D eigenvalue weighted by molar-refractivity contribution is 7.03. The van der Waals surface area contributed by atoms with Crippen LogP contribution in [-0.2, 0) is 11.3 Å². The molecule has 0 spiro atoms. The zero-order chi connectivity index (χ0) is 14.8. The second-order valence-electron chi connectivity index (χ2n) is 5.86. The Kier molecular flexibility index (Phi) is 4.33. The Labute approximate surface area is 129 Å². The molecule has 1 aliphatic heterocycles. The summed E-state index contributed by atoms with van der Waals surface area (Å²) < 4.78 is 10.0. The van der Waals surface area contributed by atoms with Crippen LogP contribution < -0.4 is 0 Å². The van der Waals surface area contributed by atoms with Gasteiger partial charge in [0.15, 0.2) is 0 Å². The summed E-state index contributed by atoms with van der Waals surface area (Å²) in [4.78, 5) is 2.44. The van der Waals surface area contributed by atoms with Crippen LogP contribution in [0.25, 0.3) is 0 Å². The summed E-state index contributed by atoms with van der Waals surface area (Å²) in [5.74, 6) is 0. The van der Waals surface area contributed by atoms with Crippen molar-refractivity contribution >= 4 is 11.5 Å². The highest BCUT2D eigenvalue weighted by Crippen LogP contribution is 2.28. The number of ether oxygens (including phenoxy) is 1. The molecule has 0 N–H and O–H groups in total. The highest BCUT2D eigenvalue weighted by atomic mass is 32.1. The lowest BCUT2D eigenvalue weighted by Gasteiger charge is -2.38. The summed E-state index contributed by atoms with van der Waals surface area (Å²) in [6.45, 7) is 9.01. The van der Waals surface area contributed by atoms with Gasteiger partial charge in [-0.25, -0.2) is 0 Å². The molecule has 0 radical (unpaired) electrons. The molecular weight excluding hydrogens is 282 g/mol. The molecule has 1 aliphatic rings. The Morgan fingerprint density at radius 2 is 2.24 bits per heavy atom. The number of nitrogens with zero attached hydrogens (tertiary/aromatic N) is 3. The maximum Gasteiger partial charge on any atom is 0.0955 e. The van der Waals surface area contributed by atoms with E-state index in [1.165, 1.54) is 28.2 Å². The first-order valence-electron chi connectivity index (χ1n) is 7.32. The van der Waals surface area contributed by atoms with Crippen LogP contribution in [0.1, 0.15) is 35.4 Å². The van der Waals surface area contributed by atoms with Gasteiger partial charge in [0.2, 0.25) is 0 Å². The second-order valence-corrected chi connectivity index (χ2v) is 6.47. The van der Waals surface area contributed by atoms with Gasteiger partial charge in [-0.3, -0.25) is 4.90 Å². The van der Waals surface area contributed by atoms with E-state index in [4.69, 9.17) is 4.74 Å². The summed E-state index contributed by atoms with van der Waals surface area (Å²) >= 11 is 1.41. The number of benzene rings is 1. The predicted molar refractivity (Wildman–Crippen MR) is 84.4 cm³/mol. The van der Waals surface area contributed by atoms with Gasteiger partial charge in [0.05, 0.1) is 18.4 Å². The Morgan fingerprint density at radius 1 is 1.38 bits per heavy atom. The molecule has 4 nitrogen and oxygen atoms in total. The summed E-state index contributed by atoms with van der Waals surface area (Å²) in [6, 6.07) is 7.00. The molecule has 1 aromatic heterocycles. The quantitative estimate of drug-likeness (QED) is 0.873. The lowest BCUT2D eigenvalue weighted by atomic mass is 9.99. The van der Waals surface area contributed by atoms with Gasteiger partial charge in [-0.1, -0.05) is 28.3 Å². The summed E-state index contributed by atoms with van der Waals surface area (Å²) in [6.07, 6.45) is 0.146. The smallest absolute Gasteiger partial charge is 0.0955 e. The van der Waals surface area contributed by atoms with Crippen LogP contribution in [0.4, 0.5) is 0 Å². The van der Waals surface area contributed by atoms with Crippen molar-refractivity contribution in [2.24, 2.45) is 0 Å². The van der Waals surface area contributed by atoms with Crippen molar-refractivity contribution in [3.63, 3.8) is 0 Å². The van der Waals surface area contributed by atoms with Crippen LogP contribution >= 0.6 is 11.5 Å². The Bertz CT molecular complexity index is 600. The minimum absolute atomic E-state index is 0.146. The Morgan fingerprint density at radius 3 is 3.00 bits per heavy atom. The van der Waals surface area contributed by atoms with Crippen molar-refractivity contribution in [2.45, 2.75) is 39.5 Å². The zero-order valence-corrected chi connectivity index (χ0v) is 13.6. The third-order valence-corrected chi connectivity index (χ3v) is 4.67. The molecule has 5 heteroatoms. The predicted octanol–water partition coefficient (Wildman–Crippen LogP) is 3.12. The fraction of sp³-hybridized carbons (Fsp3) is 0.500. The number of hydrogen-bond donors (Lipinski definition) is 0. The lowest BCUT2D eigenvalue weighted by molar-refractivity contribution is -0.0639. The van der Waals surface area contributed by atoms with E-state index in [0.717, 1.165) is 25.4 Å². The van der Waals surface area contributed by atoms with E-state index in [2.05, 4.69) is 53.5 Å². The molecule has 0 unspecified atom stereocenters. The average Bonchev–Trinajstić information content (AvgIpc) is 2.97. The van der Waals surface area contributed by atoms with Gasteiger partial charge in [-0.05, 0) is 43.4 Å². The van der Waals surface area contributed by atoms with Crippen molar-refractivity contribution in [2.75, 3.05) is 13.2 Å². The molecule has 1 saturated heterocycles. The van der Waals surface area contributed by atoms with Crippen molar-refractivity contribution in [1.29, 1.82) is 0 Å². The van der Waals surface area contributed by atoms with Gasteiger partial charge >= 0.3 is 0 Å². The minimum atomic E-state index is 0.146. The molecule has 3 rings (SSSR count). The molecule has 1 fully saturated rings. The van der Waals surface area contributed by atoms with E-state index in [0.29, 0.717) is 6.04 Å². The van der Waals surface area contributed by atoms with Gasteiger partial charge in [-0.2, -0.15) is 0 Å². The van der Waals surface area contributed by atoms with Crippen LogP contribution in [0.5, 0.6) is 0 Å². The third kappa shape index (κ3) is 3.31. The number of hydrogen-bond acceptors (Lipinski definition) is 5. The van der Waals surface area contributed by atoms with E-state index < -0.39 is 0 Å². The van der Waals surface area contributed by atoms with Gasteiger partial charge in [0.1, 0.15) is 0 Å². The second kappa shape index (κ2) is 6.22. The van der Waals surface area contributed by atoms with Crippen molar-refractivity contribution in [3.05, 3.63) is 46.0 Å². The molecule has 2 heterocycles. The molecule has 112 valence electrons. The first-order chi connectivity index (χ1) is 10.1. The third-order valence-electron chi connectivity index (χ3n) is 4.11. The van der Waals surface area contributed by atoms with E-state index in [1.807, 2.05) is 5.38 Å². The van der Waals surface area contributed by atoms with E-state index in [1.54, 1.807) is 0 Å². The summed E-state index contributed by atoms with van der Waals surface area (Å²) in [7, 11) is 0. The zero-order valence-electron chi connectivity index (χ0n) is 12.7. The van der Waals surface area contributed by atoms with Crippen molar-refractivity contribution < 1.29 is 4.74 Å². The molecule has 1 aromatic carbocycles. The topological polar surface area (TPSA) is 38.2 Å². The summed E-state index contributed by atoms with van der Waals surface area (Å²) in [5, 5.41) is 6.18. The Hall–Kier alpha value is -1.30. The molecule has 0 aliphatic carbocycles. The fourth-order valence-corrected chi connectivity index (χ4v) is 3.23.